The van der Waals surface area contributed by atoms with Gasteiger partial charge in [0.15, 0.2) is 17.5 Å². The first-order chi connectivity index (χ1) is 13.9. The number of aliphatic imine (C=N–C) groups is 1. The Balaban J connectivity index is 0.00000320. The lowest BCUT2D eigenvalue weighted by atomic mass is 10.2. The maximum absolute atomic E-state index is 12.0. The molecule has 30 heavy (non-hydrogen) atoms. The molecule has 9 heteroatoms. The molecular formula is C21H33IN4O4. The van der Waals surface area contributed by atoms with Gasteiger partial charge in [-0.2, -0.15) is 0 Å². The first-order valence-electron chi connectivity index (χ1n) is 10.2. The van der Waals surface area contributed by atoms with Crippen LogP contribution in [0, 0.1) is 0 Å². The number of amides is 1. The van der Waals surface area contributed by atoms with Crippen LogP contribution in [-0.4, -0.2) is 61.9 Å². The summed E-state index contributed by atoms with van der Waals surface area (Å²) in [6.45, 7) is 8.99. The molecule has 3 rings (SSSR count). The molecule has 1 amide bonds. The largest absolute Gasteiger partial charge is 0.490 e. The molecule has 0 aromatic heterocycles. The van der Waals surface area contributed by atoms with E-state index >= 15 is 0 Å². The van der Waals surface area contributed by atoms with Gasteiger partial charge in [0.25, 0.3) is 0 Å². The van der Waals surface area contributed by atoms with Crippen LogP contribution >= 0.6 is 24.0 Å². The van der Waals surface area contributed by atoms with Crippen LogP contribution in [0.2, 0.25) is 0 Å². The molecule has 1 aromatic rings. The number of carbonyl (C=O) groups excluding carboxylic acids is 1. The number of fused-ring (bicyclic) bond motifs is 1. The van der Waals surface area contributed by atoms with Gasteiger partial charge in [0.05, 0.1) is 19.3 Å². The van der Waals surface area contributed by atoms with Crippen LogP contribution in [0.5, 0.6) is 11.5 Å². The maximum atomic E-state index is 12.0. The van der Waals surface area contributed by atoms with Crippen molar-refractivity contribution in [1.29, 1.82) is 0 Å². The summed E-state index contributed by atoms with van der Waals surface area (Å²) in [5, 5.41) is 6.35. The Morgan fingerprint density at radius 2 is 2.07 bits per heavy atom. The van der Waals surface area contributed by atoms with Crippen LogP contribution in [0.4, 0.5) is 4.79 Å². The summed E-state index contributed by atoms with van der Waals surface area (Å²) >= 11 is 0. The molecule has 0 bridgehead atoms. The molecule has 0 saturated carbocycles. The van der Waals surface area contributed by atoms with Crippen molar-refractivity contribution in [2.24, 2.45) is 4.99 Å². The zero-order valence-electron chi connectivity index (χ0n) is 18.2. The van der Waals surface area contributed by atoms with Gasteiger partial charge >= 0.3 is 6.09 Å². The molecule has 2 aliphatic rings. The van der Waals surface area contributed by atoms with Crippen molar-refractivity contribution in [1.82, 2.24) is 15.5 Å². The van der Waals surface area contributed by atoms with Crippen LogP contribution in [0.25, 0.3) is 0 Å². The fourth-order valence-electron chi connectivity index (χ4n) is 3.44. The lowest BCUT2D eigenvalue weighted by Crippen LogP contribution is -2.44. The van der Waals surface area contributed by atoms with E-state index in [0.717, 1.165) is 42.4 Å². The lowest BCUT2D eigenvalue weighted by molar-refractivity contribution is 0.0507. The molecule has 0 unspecified atom stereocenters. The topological polar surface area (TPSA) is 84.4 Å². The minimum absolute atomic E-state index is 0. The molecule has 1 aromatic carbocycles. The van der Waals surface area contributed by atoms with Crippen LogP contribution < -0.4 is 20.1 Å². The van der Waals surface area contributed by atoms with E-state index in [1.807, 2.05) is 39.0 Å². The highest BCUT2D eigenvalue weighted by molar-refractivity contribution is 14.0. The molecule has 2 N–H and O–H groups in total. The number of para-hydroxylation sites is 1. The molecule has 0 radical (unpaired) electrons. The number of ether oxygens (including phenoxy) is 3. The van der Waals surface area contributed by atoms with Gasteiger partial charge in [-0.25, -0.2) is 4.79 Å². The highest BCUT2D eigenvalue weighted by atomic mass is 127. The molecule has 0 aliphatic carbocycles. The van der Waals surface area contributed by atoms with Crippen molar-refractivity contribution in [2.45, 2.75) is 51.8 Å². The Labute approximate surface area is 195 Å². The zero-order valence-corrected chi connectivity index (χ0v) is 20.5. The minimum atomic E-state index is -0.501. The quantitative estimate of drug-likeness (QED) is 0.354. The number of alkyl carbamates (subject to hydrolysis) is 1. The molecule has 2 aliphatic heterocycles. The van der Waals surface area contributed by atoms with Crippen molar-refractivity contribution < 1.29 is 19.0 Å². The lowest BCUT2D eigenvalue weighted by Gasteiger charge is -2.23. The Morgan fingerprint density at radius 1 is 1.30 bits per heavy atom. The van der Waals surface area contributed by atoms with Crippen molar-refractivity contribution in [3.05, 3.63) is 23.8 Å². The first-order valence-corrected chi connectivity index (χ1v) is 10.2. The number of guanidine groups is 1. The number of nitrogens with zero attached hydrogens (tertiary/aromatic N) is 2. The van der Waals surface area contributed by atoms with E-state index in [-0.39, 0.29) is 36.1 Å². The number of carbonyl (C=O) groups is 1. The van der Waals surface area contributed by atoms with Crippen molar-refractivity contribution in [3.63, 3.8) is 0 Å². The van der Waals surface area contributed by atoms with Crippen LogP contribution in [0.15, 0.2) is 23.2 Å². The van der Waals surface area contributed by atoms with Gasteiger partial charge in [-0.15, -0.1) is 24.0 Å². The molecule has 1 fully saturated rings. The number of hydrogen-bond acceptors (Lipinski definition) is 5. The summed E-state index contributed by atoms with van der Waals surface area (Å²) in [5.74, 6) is 2.39. The van der Waals surface area contributed by atoms with E-state index < -0.39 is 5.60 Å². The zero-order chi connectivity index (χ0) is 20.9. The summed E-state index contributed by atoms with van der Waals surface area (Å²) in [6.07, 6.45) is 1.34. The normalized spacial score (nSPS) is 18.9. The Kier molecular flexibility index (Phi) is 8.87. The fraction of sp³-hybridized carbons (Fsp3) is 0.619. The third-order valence-electron chi connectivity index (χ3n) is 4.71. The molecule has 1 saturated heterocycles. The predicted molar refractivity (Wildman–Crippen MR) is 127 cm³/mol. The molecule has 168 valence electrons. The number of nitrogens with one attached hydrogen (secondary N) is 2. The molecule has 8 nitrogen and oxygen atoms in total. The second-order valence-electron chi connectivity index (χ2n) is 8.27. The van der Waals surface area contributed by atoms with Gasteiger partial charge < -0.3 is 29.7 Å². The Hall–Kier alpha value is -1.91. The van der Waals surface area contributed by atoms with E-state index in [1.54, 1.807) is 7.05 Å². The number of halogens is 1. The molecular weight excluding hydrogens is 499 g/mol. The molecule has 0 spiro atoms. The average Bonchev–Trinajstić information content (AvgIpc) is 2.96. The SMILES string of the molecule is CN=C(NCc1cccc2c1OCCCO2)N1CC[C@@H](NC(=O)OC(C)(C)C)C1.I. The van der Waals surface area contributed by atoms with Gasteiger partial charge in [0.2, 0.25) is 0 Å². The highest BCUT2D eigenvalue weighted by Crippen LogP contribution is 2.33. The molecule has 1 atom stereocenters. The van der Waals surface area contributed by atoms with Crippen molar-refractivity contribution in [3.8, 4) is 11.5 Å². The van der Waals surface area contributed by atoms with E-state index in [1.165, 1.54) is 0 Å². The average molecular weight is 532 g/mol. The summed E-state index contributed by atoms with van der Waals surface area (Å²) in [7, 11) is 1.77. The monoisotopic (exact) mass is 532 g/mol. The van der Waals surface area contributed by atoms with Crippen LogP contribution in [0.1, 0.15) is 39.2 Å². The number of likely N-dealkylation sites (tertiary alicyclic amines) is 1. The summed E-state index contributed by atoms with van der Waals surface area (Å²) < 4.78 is 17.0. The number of hydrogen-bond donors (Lipinski definition) is 2. The van der Waals surface area contributed by atoms with Gasteiger partial charge in [-0.3, -0.25) is 4.99 Å². The van der Waals surface area contributed by atoms with Crippen molar-refractivity contribution in [2.75, 3.05) is 33.4 Å². The first kappa shape index (κ1) is 24.4. The van der Waals surface area contributed by atoms with E-state index in [4.69, 9.17) is 14.2 Å². The highest BCUT2D eigenvalue weighted by Gasteiger charge is 2.28. The van der Waals surface area contributed by atoms with E-state index in [0.29, 0.717) is 26.3 Å². The summed E-state index contributed by atoms with van der Waals surface area (Å²) in [6, 6.07) is 5.98. The predicted octanol–water partition coefficient (Wildman–Crippen LogP) is 3.14. The smallest absolute Gasteiger partial charge is 0.407 e. The third kappa shape index (κ3) is 6.82. The second-order valence-corrected chi connectivity index (χ2v) is 8.27. The fourth-order valence-corrected chi connectivity index (χ4v) is 3.44. The van der Waals surface area contributed by atoms with Crippen molar-refractivity contribution >= 4 is 36.0 Å². The van der Waals surface area contributed by atoms with Crippen LogP contribution in [0.3, 0.4) is 0 Å². The van der Waals surface area contributed by atoms with Gasteiger partial charge in [0.1, 0.15) is 5.60 Å². The minimum Gasteiger partial charge on any atom is -0.490 e. The molecule has 2 heterocycles. The maximum Gasteiger partial charge on any atom is 0.407 e. The van der Waals surface area contributed by atoms with Gasteiger partial charge in [-0.05, 0) is 33.3 Å². The Morgan fingerprint density at radius 3 is 2.80 bits per heavy atom. The van der Waals surface area contributed by atoms with E-state index in [9.17, 15) is 4.79 Å². The Bertz CT molecular complexity index is 751. The summed E-state index contributed by atoms with van der Waals surface area (Å²) in [4.78, 5) is 18.6. The second kappa shape index (κ2) is 10.9. The summed E-state index contributed by atoms with van der Waals surface area (Å²) in [5.41, 5.74) is 0.535. The number of benzene rings is 1. The van der Waals surface area contributed by atoms with Gasteiger partial charge in [-0.1, -0.05) is 12.1 Å². The van der Waals surface area contributed by atoms with Crippen LogP contribution in [-0.2, 0) is 11.3 Å². The number of rotatable bonds is 3. The standard InChI is InChI=1S/C21H32N4O4.HI/c1-21(2,3)29-20(26)24-16-9-10-25(14-16)19(22-4)23-13-15-7-5-8-17-18(15)28-12-6-11-27-17;/h5,7-8,16H,6,9-14H2,1-4H3,(H,22,23)(H,24,26);1H/t16-;/m1./s1. The third-order valence-corrected chi connectivity index (χ3v) is 4.71. The van der Waals surface area contributed by atoms with E-state index in [2.05, 4.69) is 20.5 Å². The van der Waals surface area contributed by atoms with Gasteiger partial charge in [0, 0.05) is 38.7 Å².